The Bertz CT molecular complexity index is 691. The van der Waals surface area contributed by atoms with Crippen LogP contribution in [-0.2, 0) is 28.6 Å². The molecule has 0 aliphatic rings. The minimum Gasteiger partial charge on any atom is -0.462 e. The molecule has 0 rings (SSSR count). The van der Waals surface area contributed by atoms with E-state index >= 15 is 0 Å². The highest BCUT2D eigenvalue weighted by molar-refractivity contribution is 5.71. The molecule has 0 saturated heterocycles. The van der Waals surface area contributed by atoms with Gasteiger partial charge < -0.3 is 14.2 Å². The standard InChI is InChI=1S/C40H76O6/c1-5-7-9-22-27-31-38(41)44-34-37(46-40(43)33-29-23-10-8-6-2)35-45-39(42)32-28-25-21-19-17-15-13-11-12-14-16-18-20-24-26-30-36(3)4/h36-37H,5-35H2,1-4H3/t37-/m1/s1. The summed E-state index contributed by atoms with van der Waals surface area (Å²) in [6, 6.07) is 0. The largest absolute Gasteiger partial charge is 0.462 e. The fourth-order valence-corrected chi connectivity index (χ4v) is 5.74. The van der Waals surface area contributed by atoms with Gasteiger partial charge in [-0.3, -0.25) is 14.4 Å². The van der Waals surface area contributed by atoms with Crippen molar-refractivity contribution in [2.75, 3.05) is 13.2 Å². The van der Waals surface area contributed by atoms with E-state index in [1.54, 1.807) is 0 Å². The van der Waals surface area contributed by atoms with Gasteiger partial charge in [0.2, 0.25) is 0 Å². The molecule has 0 bridgehead atoms. The quantitative estimate of drug-likeness (QED) is 0.0385. The topological polar surface area (TPSA) is 78.9 Å². The Hall–Kier alpha value is -1.59. The Morgan fingerprint density at radius 1 is 0.413 bits per heavy atom. The first-order valence-electron chi connectivity index (χ1n) is 19.9. The van der Waals surface area contributed by atoms with Gasteiger partial charge in [-0.15, -0.1) is 0 Å². The van der Waals surface area contributed by atoms with Crippen LogP contribution in [0.5, 0.6) is 0 Å². The SMILES string of the molecule is CCCCCCCC(=O)OC[C@H](COC(=O)CCCCCCCCCCCCCCCCCC(C)C)OC(=O)CCCCCCC. The average molecular weight is 653 g/mol. The lowest BCUT2D eigenvalue weighted by Gasteiger charge is -2.18. The van der Waals surface area contributed by atoms with Gasteiger partial charge in [0.1, 0.15) is 13.2 Å². The molecule has 0 aromatic carbocycles. The smallest absolute Gasteiger partial charge is 0.306 e. The van der Waals surface area contributed by atoms with Gasteiger partial charge in [0.25, 0.3) is 0 Å². The van der Waals surface area contributed by atoms with Crippen LogP contribution in [0.2, 0.25) is 0 Å². The van der Waals surface area contributed by atoms with Crippen molar-refractivity contribution in [1.29, 1.82) is 0 Å². The summed E-state index contributed by atoms with van der Waals surface area (Å²) in [5.41, 5.74) is 0. The first-order valence-corrected chi connectivity index (χ1v) is 19.9. The predicted octanol–water partition coefficient (Wildman–Crippen LogP) is 12.0. The zero-order chi connectivity index (χ0) is 33.9. The van der Waals surface area contributed by atoms with Crippen LogP contribution in [0.15, 0.2) is 0 Å². The Balaban J connectivity index is 4.01. The van der Waals surface area contributed by atoms with Gasteiger partial charge in [-0.25, -0.2) is 0 Å². The lowest BCUT2D eigenvalue weighted by atomic mass is 10.0. The maximum atomic E-state index is 12.4. The highest BCUT2D eigenvalue weighted by Crippen LogP contribution is 2.16. The number of ether oxygens (including phenoxy) is 3. The maximum Gasteiger partial charge on any atom is 0.306 e. The molecule has 0 spiro atoms. The zero-order valence-electron chi connectivity index (χ0n) is 31.0. The third-order valence-electron chi connectivity index (χ3n) is 8.79. The Morgan fingerprint density at radius 3 is 1.07 bits per heavy atom. The summed E-state index contributed by atoms with van der Waals surface area (Å²) in [5.74, 6) is -0.0425. The molecule has 0 heterocycles. The Morgan fingerprint density at radius 2 is 0.717 bits per heavy atom. The molecule has 0 fully saturated rings. The number of hydrogen-bond donors (Lipinski definition) is 0. The Labute approximate surface area is 285 Å². The van der Waals surface area contributed by atoms with Crippen LogP contribution in [0.4, 0.5) is 0 Å². The minimum atomic E-state index is -0.754. The second-order valence-corrected chi connectivity index (χ2v) is 14.0. The molecule has 0 N–H and O–H groups in total. The van der Waals surface area contributed by atoms with Gasteiger partial charge in [-0.05, 0) is 25.2 Å². The predicted molar refractivity (Wildman–Crippen MR) is 192 cm³/mol. The summed E-state index contributed by atoms with van der Waals surface area (Å²) >= 11 is 0. The molecule has 0 amide bonds. The summed E-state index contributed by atoms with van der Waals surface area (Å²) in [6.45, 7) is 8.82. The molecule has 0 aliphatic heterocycles. The fraction of sp³-hybridized carbons (Fsp3) is 0.925. The highest BCUT2D eigenvalue weighted by atomic mass is 16.6. The molecular weight excluding hydrogens is 576 g/mol. The molecule has 272 valence electrons. The van der Waals surface area contributed by atoms with Crippen LogP contribution in [-0.4, -0.2) is 37.2 Å². The van der Waals surface area contributed by atoms with Crippen LogP contribution in [0.3, 0.4) is 0 Å². The van der Waals surface area contributed by atoms with Crippen molar-refractivity contribution < 1.29 is 28.6 Å². The molecule has 0 aromatic rings. The van der Waals surface area contributed by atoms with Gasteiger partial charge in [0.05, 0.1) is 0 Å². The van der Waals surface area contributed by atoms with E-state index in [4.69, 9.17) is 14.2 Å². The van der Waals surface area contributed by atoms with E-state index in [1.807, 2.05) is 0 Å². The highest BCUT2D eigenvalue weighted by Gasteiger charge is 2.19. The van der Waals surface area contributed by atoms with Crippen molar-refractivity contribution in [1.82, 2.24) is 0 Å². The van der Waals surface area contributed by atoms with Crippen molar-refractivity contribution in [3.8, 4) is 0 Å². The third-order valence-corrected chi connectivity index (χ3v) is 8.79. The van der Waals surface area contributed by atoms with Crippen molar-refractivity contribution in [2.45, 2.75) is 220 Å². The van der Waals surface area contributed by atoms with E-state index in [0.29, 0.717) is 19.3 Å². The molecule has 6 nitrogen and oxygen atoms in total. The number of hydrogen-bond acceptors (Lipinski definition) is 6. The van der Waals surface area contributed by atoms with Crippen molar-refractivity contribution in [2.24, 2.45) is 5.92 Å². The van der Waals surface area contributed by atoms with Crippen LogP contribution in [0.25, 0.3) is 0 Å². The van der Waals surface area contributed by atoms with Gasteiger partial charge in [-0.1, -0.05) is 175 Å². The number of esters is 3. The summed E-state index contributed by atoms with van der Waals surface area (Å²) < 4.78 is 16.4. The van der Waals surface area contributed by atoms with Gasteiger partial charge in [0.15, 0.2) is 6.10 Å². The number of carbonyl (C=O) groups is 3. The van der Waals surface area contributed by atoms with Crippen molar-refractivity contribution in [3.05, 3.63) is 0 Å². The fourth-order valence-electron chi connectivity index (χ4n) is 5.74. The molecule has 6 heteroatoms. The van der Waals surface area contributed by atoms with Gasteiger partial charge >= 0.3 is 17.9 Å². The van der Waals surface area contributed by atoms with Crippen LogP contribution < -0.4 is 0 Å². The lowest BCUT2D eigenvalue weighted by Crippen LogP contribution is -2.30. The third kappa shape index (κ3) is 33.8. The van der Waals surface area contributed by atoms with Gasteiger partial charge in [0, 0.05) is 19.3 Å². The van der Waals surface area contributed by atoms with E-state index in [9.17, 15) is 14.4 Å². The minimum absolute atomic E-state index is 0.0670. The van der Waals surface area contributed by atoms with Crippen LogP contribution in [0.1, 0.15) is 214 Å². The summed E-state index contributed by atoms with van der Waals surface area (Å²) in [5, 5.41) is 0. The summed E-state index contributed by atoms with van der Waals surface area (Å²) in [7, 11) is 0. The van der Waals surface area contributed by atoms with Crippen molar-refractivity contribution in [3.63, 3.8) is 0 Å². The normalized spacial score (nSPS) is 11.9. The molecule has 1 atom stereocenters. The molecule has 0 saturated carbocycles. The average Bonchev–Trinajstić information content (AvgIpc) is 3.03. The first kappa shape index (κ1) is 44.4. The molecule has 0 radical (unpaired) electrons. The zero-order valence-corrected chi connectivity index (χ0v) is 31.0. The Kier molecular flexibility index (Phi) is 33.5. The molecule has 0 unspecified atom stereocenters. The molecule has 0 aromatic heterocycles. The van der Waals surface area contributed by atoms with E-state index in [2.05, 4.69) is 27.7 Å². The van der Waals surface area contributed by atoms with E-state index in [1.165, 1.54) is 96.3 Å². The van der Waals surface area contributed by atoms with Crippen molar-refractivity contribution >= 4 is 17.9 Å². The summed E-state index contributed by atoms with van der Waals surface area (Å²) in [4.78, 5) is 37.0. The first-order chi connectivity index (χ1) is 22.4. The van der Waals surface area contributed by atoms with E-state index < -0.39 is 6.10 Å². The number of unbranched alkanes of at least 4 members (excludes halogenated alkanes) is 22. The maximum absolute atomic E-state index is 12.4. The molecule has 0 aliphatic carbocycles. The molecule has 46 heavy (non-hydrogen) atoms. The van der Waals surface area contributed by atoms with E-state index in [-0.39, 0.29) is 31.1 Å². The second-order valence-electron chi connectivity index (χ2n) is 14.0. The lowest BCUT2D eigenvalue weighted by molar-refractivity contribution is -0.167. The monoisotopic (exact) mass is 653 g/mol. The number of rotatable bonds is 35. The van der Waals surface area contributed by atoms with E-state index in [0.717, 1.165) is 76.5 Å². The summed E-state index contributed by atoms with van der Waals surface area (Å²) in [6.07, 6.45) is 31.5. The van der Waals surface area contributed by atoms with Crippen LogP contribution in [0, 0.1) is 5.92 Å². The second kappa shape index (κ2) is 34.7. The number of carbonyl (C=O) groups excluding carboxylic acids is 3. The van der Waals surface area contributed by atoms with Gasteiger partial charge in [-0.2, -0.15) is 0 Å². The molecular formula is C40H76O6. The van der Waals surface area contributed by atoms with Crippen LogP contribution >= 0.6 is 0 Å².